The third-order valence-corrected chi connectivity index (χ3v) is 11.9. The standard InChI is InChI=1S/C40H32ClFIN3O6/c41-23-7-5-22(6-8-23)40-32(37(49)46(39(40)51)44-26-13-9-24(42)10-14-26)21-31-28(35(40)29-3-1-2-4-33(29)52-20-19-47)17-18-30-34(31)38(50)45(36(30)48)27-15-11-25(43)12-16-27/h1-17,30-32,34-35,44,47H,18-21H2. The summed E-state index contributed by atoms with van der Waals surface area (Å²) >= 11 is 8.55. The maximum absolute atomic E-state index is 15.3. The lowest BCUT2D eigenvalue weighted by molar-refractivity contribution is -0.138. The molecule has 2 saturated heterocycles. The molecule has 264 valence electrons. The average molecular weight is 832 g/mol. The first-order valence-electron chi connectivity index (χ1n) is 17.0. The fraction of sp³-hybridized carbons (Fsp3) is 0.250. The van der Waals surface area contributed by atoms with Gasteiger partial charge in [0.1, 0.15) is 18.2 Å². The van der Waals surface area contributed by atoms with Gasteiger partial charge in [-0.1, -0.05) is 53.6 Å². The molecule has 0 radical (unpaired) electrons. The third-order valence-electron chi connectivity index (χ3n) is 10.9. The van der Waals surface area contributed by atoms with E-state index in [1.807, 2.05) is 30.3 Å². The van der Waals surface area contributed by atoms with Crippen LogP contribution < -0.4 is 15.1 Å². The number of nitrogens with one attached hydrogen (secondary N) is 1. The molecule has 2 aliphatic heterocycles. The van der Waals surface area contributed by atoms with Crippen molar-refractivity contribution in [2.45, 2.75) is 24.2 Å². The predicted molar refractivity (Wildman–Crippen MR) is 200 cm³/mol. The summed E-state index contributed by atoms with van der Waals surface area (Å²) in [5.41, 5.74) is 4.13. The largest absolute Gasteiger partial charge is 0.491 e. The van der Waals surface area contributed by atoms with Gasteiger partial charge in [-0.2, -0.15) is 5.01 Å². The number of hydrazine groups is 1. The minimum absolute atomic E-state index is 0.0165. The van der Waals surface area contributed by atoms with E-state index in [1.165, 1.54) is 29.2 Å². The Kier molecular flexibility index (Phi) is 8.91. The number of allylic oxidation sites excluding steroid dienone is 2. The van der Waals surface area contributed by atoms with Crippen molar-refractivity contribution in [3.05, 3.63) is 134 Å². The van der Waals surface area contributed by atoms with E-state index in [0.717, 1.165) is 14.2 Å². The highest BCUT2D eigenvalue weighted by Crippen LogP contribution is 2.65. The molecule has 1 saturated carbocycles. The number of halogens is 3. The van der Waals surface area contributed by atoms with Crippen LogP contribution in [0.15, 0.2) is 109 Å². The van der Waals surface area contributed by atoms with E-state index in [0.29, 0.717) is 33.3 Å². The van der Waals surface area contributed by atoms with Gasteiger partial charge in [0.05, 0.1) is 41.2 Å². The molecule has 4 amide bonds. The van der Waals surface area contributed by atoms with Gasteiger partial charge in [-0.3, -0.25) is 29.5 Å². The van der Waals surface area contributed by atoms with Gasteiger partial charge in [0.2, 0.25) is 11.8 Å². The summed E-state index contributed by atoms with van der Waals surface area (Å²) in [5.74, 6) is -5.58. The normalized spacial score (nSPS) is 26.5. The maximum Gasteiger partial charge on any atom is 0.260 e. The van der Waals surface area contributed by atoms with E-state index < -0.39 is 52.6 Å². The predicted octanol–water partition coefficient (Wildman–Crippen LogP) is 6.64. The second-order valence-corrected chi connectivity index (χ2v) is 15.2. The van der Waals surface area contributed by atoms with E-state index in [-0.39, 0.29) is 37.9 Å². The van der Waals surface area contributed by atoms with E-state index in [2.05, 4.69) is 28.0 Å². The first-order chi connectivity index (χ1) is 25.1. The Morgan fingerprint density at radius 1 is 0.885 bits per heavy atom. The maximum atomic E-state index is 15.3. The number of aliphatic hydroxyl groups is 1. The van der Waals surface area contributed by atoms with Gasteiger partial charge in [0, 0.05) is 20.1 Å². The van der Waals surface area contributed by atoms with Crippen molar-refractivity contribution < 1.29 is 33.4 Å². The van der Waals surface area contributed by atoms with Crippen molar-refractivity contribution in [1.82, 2.24) is 5.01 Å². The average Bonchev–Trinajstić information content (AvgIpc) is 3.53. The molecule has 2 aliphatic carbocycles. The van der Waals surface area contributed by atoms with Crippen LogP contribution in [0.25, 0.3) is 0 Å². The minimum Gasteiger partial charge on any atom is -0.491 e. The van der Waals surface area contributed by atoms with Gasteiger partial charge in [0.15, 0.2) is 0 Å². The molecule has 4 aromatic rings. The second-order valence-electron chi connectivity index (χ2n) is 13.5. The smallest absolute Gasteiger partial charge is 0.260 e. The zero-order valence-corrected chi connectivity index (χ0v) is 30.5. The number of nitrogens with zero attached hydrogens (tertiary/aromatic N) is 2. The number of carbonyl (C=O) groups excluding carboxylic acids is 4. The van der Waals surface area contributed by atoms with E-state index in [9.17, 15) is 23.9 Å². The number of fused-ring (bicyclic) bond motifs is 4. The molecule has 0 spiro atoms. The summed E-state index contributed by atoms with van der Waals surface area (Å²) in [6, 6.07) is 26.6. The Labute approximate surface area is 317 Å². The lowest BCUT2D eigenvalue weighted by Gasteiger charge is -2.50. The van der Waals surface area contributed by atoms with Crippen LogP contribution in [0.5, 0.6) is 5.75 Å². The number of amides is 4. The lowest BCUT2D eigenvalue weighted by Crippen LogP contribution is -2.53. The number of para-hydroxylation sites is 1. The number of benzene rings is 4. The zero-order valence-electron chi connectivity index (χ0n) is 27.5. The Morgan fingerprint density at radius 2 is 1.60 bits per heavy atom. The molecule has 9 nitrogen and oxygen atoms in total. The summed E-state index contributed by atoms with van der Waals surface area (Å²) in [5, 5.41) is 11.2. The van der Waals surface area contributed by atoms with Crippen LogP contribution in [0.1, 0.15) is 29.9 Å². The quantitative estimate of drug-likeness (QED) is 0.116. The fourth-order valence-electron chi connectivity index (χ4n) is 8.85. The van der Waals surface area contributed by atoms with E-state index in [1.54, 1.807) is 48.5 Å². The van der Waals surface area contributed by atoms with Gasteiger partial charge in [-0.05, 0) is 114 Å². The summed E-state index contributed by atoms with van der Waals surface area (Å²) in [6.45, 7) is -0.270. The number of imide groups is 2. The molecule has 0 bridgehead atoms. The number of anilines is 2. The van der Waals surface area contributed by atoms with Crippen molar-refractivity contribution in [3.63, 3.8) is 0 Å². The van der Waals surface area contributed by atoms with Crippen LogP contribution in [-0.2, 0) is 24.6 Å². The number of aliphatic hydroxyl groups excluding tert-OH is 1. The van der Waals surface area contributed by atoms with Gasteiger partial charge < -0.3 is 9.84 Å². The highest BCUT2D eigenvalue weighted by atomic mass is 127. The van der Waals surface area contributed by atoms with Crippen LogP contribution in [0.2, 0.25) is 5.02 Å². The van der Waals surface area contributed by atoms with Crippen LogP contribution in [0, 0.1) is 33.1 Å². The molecule has 6 unspecified atom stereocenters. The molecular formula is C40H32ClFIN3O6. The summed E-state index contributed by atoms with van der Waals surface area (Å²) < 4.78 is 20.9. The number of rotatable bonds is 8. The molecule has 8 rings (SSSR count). The molecule has 6 atom stereocenters. The molecule has 3 fully saturated rings. The first-order valence-corrected chi connectivity index (χ1v) is 18.4. The Hall–Kier alpha value is -4.59. The monoisotopic (exact) mass is 831 g/mol. The molecule has 2 heterocycles. The van der Waals surface area contributed by atoms with Crippen molar-refractivity contribution in [1.29, 1.82) is 0 Å². The van der Waals surface area contributed by atoms with Crippen LogP contribution in [-0.4, -0.2) is 47.0 Å². The zero-order chi connectivity index (χ0) is 36.3. The number of ether oxygens (including phenoxy) is 1. The summed E-state index contributed by atoms with van der Waals surface area (Å²) in [6.07, 6.45) is 2.35. The van der Waals surface area contributed by atoms with Gasteiger partial charge >= 0.3 is 0 Å². The molecule has 0 aromatic heterocycles. The second kappa shape index (κ2) is 13.4. The molecule has 4 aromatic carbocycles. The number of hydrogen-bond acceptors (Lipinski definition) is 7. The fourth-order valence-corrected chi connectivity index (χ4v) is 9.34. The Balaban J connectivity index is 1.33. The number of carbonyl (C=O) groups is 4. The van der Waals surface area contributed by atoms with Crippen LogP contribution in [0.3, 0.4) is 0 Å². The highest BCUT2D eigenvalue weighted by molar-refractivity contribution is 14.1. The third kappa shape index (κ3) is 5.35. The molecule has 2 N–H and O–H groups in total. The van der Waals surface area contributed by atoms with Crippen molar-refractivity contribution in [2.24, 2.45) is 23.7 Å². The van der Waals surface area contributed by atoms with Crippen LogP contribution in [0.4, 0.5) is 15.8 Å². The van der Waals surface area contributed by atoms with Gasteiger partial charge in [-0.25, -0.2) is 4.39 Å². The first kappa shape index (κ1) is 34.5. The van der Waals surface area contributed by atoms with E-state index in [4.69, 9.17) is 16.3 Å². The van der Waals surface area contributed by atoms with Crippen LogP contribution >= 0.6 is 34.2 Å². The van der Waals surface area contributed by atoms with Gasteiger partial charge in [0.25, 0.3) is 11.8 Å². The highest BCUT2D eigenvalue weighted by Gasteiger charge is 2.70. The van der Waals surface area contributed by atoms with Crippen molar-refractivity contribution in [3.8, 4) is 5.75 Å². The van der Waals surface area contributed by atoms with Crippen molar-refractivity contribution in [2.75, 3.05) is 23.5 Å². The summed E-state index contributed by atoms with van der Waals surface area (Å²) in [4.78, 5) is 59.9. The SMILES string of the molecule is O=C1C2CC3C(=CCC4C(=O)N(c5ccc(I)cc5)C(=O)C43)C(c3ccccc3OCCO)C2(c2ccc(Cl)cc2)C(=O)N1Nc1ccc(F)cc1. The van der Waals surface area contributed by atoms with E-state index >= 15 is 4.79 Å². The van der Waals surface area contributed by atoms with Crippen molar-refractivity contribution >= 4 is 69.2 Å². The Morgan fingerprint density at radius 3 is 2.31 bits per heavy atom. The molecule has 4 aliphatic rings. The lowest BCUT2D eigenvalue weighted by atomic mass is 9.49. The van der Waals surface area contributed by atoms with Gasteiger partial charge in [-0.15, -0.1) is 0 Å². The molecular weight excluding hydrogens is 800 g/mol. The minimum atomic E-state index is -1.55. The summed E-state index contributed by atoms with van der Waals surface area (Å²) in [7, 11) is 0. The molecule has 52 heavy (non-hydrogen) atoms. The Bertz CT molecular complexity index is 2130. The topological polar surface area (TPSA) is 116 Å². The number of hydrogen-bond donors (Lipinski definition) is 2. The molecule has 12 heteroatoms.